The molecule has 1 aromatic rings. The fourth-order valence-corrected chi connectivity index (χ4v) is 3.37. The van der Waals surface area contributed by atoms with Crippen LogP contribution < -0.4 is 4.74 Å². The van der Waals surface area contributed by atoms with Gasteiger partial charge in [0.2, 0.25) is 0 Å². The Balaban J connectivity index is 1.62. The summed E-state index contributed by atoms with van der Waals surface area (Å²) >= 11 is 0. The summed E-state index contributed by atoms with van der Waals surface area (Å²) in [6, 6.07) is 3.63. The Morgan fingerprint density at radius 2 is 1.54 bits per heavy atom. The number of aromatic hydroxyl groups is 1. The first kappa shape index (κ1) is 18.8. The summed E-state index contributed by atoms with van der Waals surface area (Å²) in [5, 5.41) is 10.1. The second-order valence-electron chi connectivity index (χ2n) is 6.99. The van der Waals surface area contributed by atoms with Crippen molar-refractivity contribution in [3.05, 3.63) is 23.3 Å². The number of aryl methyl sites for hydroxylation is 2. The Labute approximate surface area is 146 Å². The zero-order valence-corrected chi connectivity index (χ0v) is 15.1. The van der Waals surface area contributed by atoms with Gasteiger partial charge in [0.05, 0.1) is 6.42 Å². The lowest BCUT2D eigenvalue weighted by molar-refractivity contribution is -0.135. The third kappa shape index (κ3) is 6.18. The summed E-state index contributed by atoms with van der Waals surface area (Å²) in [5.41, 5.74) is 2.04. The molecule has 1 aromatic carbocycles. The van der Waals surface area contributed by atoms with Gasteiger partial charge in [0.1, 0.15) is 11.5 Å². The maximum atomic E-state index is 11.3. The smallest absolute Gasteiger partial charge is 0.311 e. The van der Waals surface area contributed by atoms with Crippen molar-refractivity contribution in [2.24, 2.45) is 0 Å². The van der Waals surface area contributed by atoms with E-state index in [1.54, 1.807) is 6.07 Å². The molecule has 0 atom stereocenters. The van der Waals surface area contributed by atoms with Crippen LogP contribution in [0, 0.1) is 0 Å². The Morgan fingerprint density at radius 1 is 0.917 bits per heavy atom. The maximum Gasteiger partial charge on any atom is 0.311 e. The molecule has 0 aromatic heterocycles. The van der Waals surface area contributed by atoms with Crippen molar-refractivity contribution in [2.75, 3.05) is 0 Å². The molecule has 1 aliphatic heterocycles. The van der Waals surface area contributed by atoms with E-state index in [0.717, 1.165) is 30.4 Å². The van der Waals surface area contributed by atoms with Crippen LogP contribution >= 0.6 is 0 Å². The van der Waals surface area contributed by atoms with E-state index in [4.69, 9.17) is 4.74 Å². The van der Waals surface area contributed by atoms with E-state index < -0.39 is 0 Å². The van der Waals surface area contributed by atoms with Gasteiger partial charge in [-0.05, 0) is 36.5 Å². The summed E-state index contributed by atoms with van der Waals surface area (Å²) in [5.74, 6) is 0.597. The van der Waals surface area contributed by atoms with Crippen molar-refractivity contribution >= 4 is 5.97 Å². The number of unbranched alkanes of at least 4 members (excludes halogenated alkanes) is 9. The molecule has 0 aliphatic carbocycles. The zero-order chi connectivity index (χ0) is 17.2. The van der Waals surface area contributed by atoms with Gasteiger partial charge in [-0.3, -0.25) is 4.79 Å². The van der Waals surface area contributed by atoms with Gasteiger partial charge in [-0.25, -0.2) is 0 Å². The standard InChI is InChI=1S/C21H32O3/c1-2-3-4-5-6-7-8-9-10-11-12-17-15-18-13-14-21(23)24-20(18)16-19(17)22/h15-16,22H,2-14H2,1H3. The fourth-order valence-electron chi connectivity index (χ4n) is 3.37. The first-order chi connectivity index (χ1) is 11.7. The van der Waals surface area contributed by atoms with Crippen molar-refractivity contribution in [3.63, 3.8) is 0 Å². The van der Waals surface area contributed by atoms with E-state index in [1.165, 1.54) is 57.8 Å². The van der Waals surface area contributed by atoms with Crippen molar-refractivity contribution in [3.8, 4) is 11.5 Å². The molecule has 0 saturated carbocycles. The van der Waals surface area contributed by atoms with E-state index >= 15 is 0 Å². The maximum absolute atomic E-state index is 11.3. The monoisotopic (exact) mass is 332 g/mol. The van der Waals surface area contributed by atoms with Gasteiger partial charge in [-0.1, -0.05) is 64.7 Å². The fraction of sp³-hybridized carbons (Fsp3) is 0.667. The minimum absolute atomic E-state index is 0.204. The van der Waals surface area contributed by atoms with Gasteiger partial charge in [-0.15, -0.1) is 0 Å². The van der Waals surface area contributed by atoms with Crippen LogP contribution in [0.1, 0.15) is 88.7 Å². The zero-order valence-electron chi connectivity index (χ0n) is 15.1. The average molecular weight is 332 g/mol. The summed E-state index contributed by atoms with van der Waals surface area (Å²) < 4.78 is 5.17. The number of hydrogen-bond acceptors (Lipinski definition) is 3. The van der Waals surface area contributed by atoms with Crippen LogP contribution in [0.3, 0.4) is 0 Å². The van der Waals surface area contributed by atoms with Gasteiger partial charge >= 0.3 is 5.97 Å². The molecule has 0 spiro atoms. The Kier molecular flexibility index (Phi) is 8.14. The number of phenols is 1. The summed E-state index contributed by atoms with van der Waals surface area (Å²) in [4.78, 5) is 11.3. The predicted octanol–water partition coefficient (Wildman–Crippen LogP) is 5.71. The molecule has 0 unspecified atom stereocenters. The van der Waals surface area contributed by atoms with Gasteiger partial charge in [0.25, 0.3) is 0 Å². The molecular formula is C21H32O3. The lowest BCUT2D eigenvalue weighted by Gasteiger charge is -2.17. The quantitative estimate of drug-likeness (QED) is 0.321. The van der Waals surface area contributed by atoms with Crippen molar-refractivity contribution in [2.45, 2.75) is 90.4 Å². The van der Waals surface area contributed by atoms with Gasteiger partial charge < -0.3 is 9.84 Å². The highest BCUT2D eigenvalue weighted by atomic mass is 16.5. The van der Waals surface area contributed by atoms with Crippen LogP contribution in [-0.2, 0) is 17.6 Å². The molecule has 134 valence electrons. The number of benzene rings is 1. The van der Waals surface area contributed by atoms with E-state index in [2.05, 4.69) is 6.92 Å². The van der Waals surface area contributed by atoms with Gasteiger partial charge in [0.15, 0.2) is 0 Å². The van der Waals surface area contributed by atoms with Gasteiger partial charge in [0, 0.05) is 6.07 Å². The Bertz CT molecular complexity index is 522. The minimum atomic E-state index is -0.204. The van der Waals surface area contributed by atoms with Crippen LogP contribution in [0.15, 0.2) is 12.1 Å². The first-order valence-electron chi connectivity index (χ1n) is 9.76. The Hall–Kier alpha value is -1.51. The van der Waals surface area contributed by atoms with E-state index in [-0.39, 0.29) is 11.7 Å². The molecule has 3 nitrogen and oxygen atoms in total. The normalized spacial score (nSPS) is 13.6. The van der Waals surface area contributed by atoms with Gasteiger partial charge in [-0.2, -0.15) is 0 Å². The number of phenolic OH excluding ortho intramolecular Hbond substituents is 1. The Morgan fingerprint density at radius 3 is 2.21 bits per heavy atom. The van der Waals surface area contributed by atoms with Crippen LogP contribution in [0.2, 0.25) is 0 Å². The number of ether oxygens (including phenoxy) is 1. The molecule has 24 heavy (non-hydrogen) atoms. The topological polar surface area (TPSA) is 46.5 Å². The van der Waals surface area contributed by atoms with E-state index in [0.29, 0.717) is 12.2 Å². The third-order valence-electron chi connectivity index (χ3n) is 4.88. The second kappa shape index (κ2) is 10.4. The average Bonchev–Trinajstić information content (AvgIpc) is 2.57. The summed E-state index contributed by atoms with van der Waals surface area (Å²) in [7, 11) is 0. The summed E-state index contributed by atoms with van der Waals surface area (Å²) in [6.45, 7) is 2.26. The van der Waals surface area contributed by atoms with Crippen molar-refractivity contribution in [1.29, 1.82) is 0 Å². The third-order valence-corrected chi connectivity index (χ3v) is 4.88. The lowest BCUT2D eigenvalue weighted by atomic mass is 9.98. The SMILES string of the molecule is CCCCCCCCCCCCc1cc2c(cc1O)OC(=O)CC2. The highest BCUT2D eigenvalue weighted by Gasteiger charge is 2.19. The number of esters is 1. The highest BCUT2D eigenvalue weighted by molar-refractivity contribution is 5.75. The molecule has 1 aliphatic rings. The van der Waals surface area contributed by atoms with Crippen molar-refractivity contribution < 1.29 is 14.6 Å². The minimum Gasteiger partial charge on any atom is -0.508 e. The largest absolute Gasteiger partial charge is 0.508 e. The second-order valence-corrected chi connectivity index (χ2v) is 6.99. The molecule has 3 heteroatoms. The molecule has 0 bridgehead atoms. The number of fused-ring (bicyclic) bond motifs is 1. The van der Waals surface area contributed by atoms with Crippen LogP contribution in [0.5, 0.6) is 11.5 Å². The molecule has 1 heterocycles. The molecule has 0 saturated heterocycles. The number of rotatable bonds is 11. The molecule has 0 fully saturated rings. The molecule has 1 N–H and O–H groups in total. The number of carbonyl (C=O) groups is 1. The van der Waals surface area contributed by atoms with Crippen molar-refractivity contribution in [1.82, 2.24) is 0 Å². The molecule has 0 amide bonds. The molecule has 0 radical (unpaired) electrons. The van der Waals surface area contributed by atoms with E-state index in [1.807, 2.05) is 6.07 Å². The van der Waals surface area contributed by atoms with E-state index in [9.17, 15) is 9.90 Å². The summed E-state index contributed by atoms with van der Waals surface area (Å²) in [6.07, 6.45) is 15.2. The first-order valence-corrected chi connectivity index (χ1v) is 9.76. The predicted molar refractivity (Wildman–Crippen MR) is 97.6 cm³/mol. The number of hydrogen-bond donors (Lipinski definition) is 1. The molecule has 2 rings (SSSR count). The van der Waals surface area contributed by atoms with Crippen LogP contribution in [0.4, 0.5) is 0 Å². The number of carbonyl (C=O) groups excluding carboxylic acids is 1. The highest BCUT2D eigenvalue weighted by Crippen LogP contribution is 2.33. The lowest BCUT2D eigenvalue weighted by Crippen LogP contribution is -2.15. The molecular weight excluding hydrogens is 300 g/mol. The van der Waals surface area contributed by atoms with Crippen LogP contribution in [0.25, 0.3) is 0 Å². The van der Waals surface area contributed by atoms with Crippen LogP contribution in [-0.4, -0.2) is 11.1 Å².